The van der Waals surface area contributed by atoms with E-state index in [-0.39, 0.29) is 11.3 Å². The molecule has 0 aliphatic carbocycles. The summed E-state index contributed by atoms with van der Waals surface area (Å²) in [5, 5.41) is 19.7. The van der Waals surface area contributed by atoms with Gasteiger partial charge in [-0.05, 0) is 55.9 Å². The molecule has 0 saturated heterocycles. The Morgan fingerprint density at radius 2 is 1.79 bits per heavy atom. The number of benzene rings is 2. The number of hydrogen-bond acceptors (Lipinski definition) is 8. The van der Waals surface area contributed by atoms with Gasteiger partial charge in [-0.1, -0.05) is 0 Å². The summed E-state index contributed by atoms with van der Waals surface area (Å²) in [7, 11) is 1.72. The summed E-state index contributed by atoms with van der Waals surface area (Å²) in [5.74, 6) is -0.396. The third-order valence-corrected chi connectivity index (χ3v) is 6.21. The minimum Gasteiger partial charge on any atom is -0.329 e. The van der Waals surface area contributed by atoms with Gasteiger partial charge < -0.3 is 9.13 Å². The van der Waals surface area contributed by atoms with Crippen molar-refractivity contribution in [2.75, 3.05) is 0 Å². The maximum atomic E-state index is 12.5. The number of nitrogens with one attached hydrogen (secondary N) is 2. The van der Waals surface area contributed by atoms with Crippen molar-refractivity contribution in [3.05, 3.63) is 69.8 Å². The van der Waals surface area contributed by atoms with Crippen molar-refractivity contribution >= 4 is 40.3 Å². The van der Waals surface area contributed by atoms with E-state index in [1.165, 1.54) is 18.5 Å². The fourth-order valence-electron chi connectivity index (χ4n) is 3.40. The lowest BCUT2D eigenvalue weighted by Gasteiger charge is -2.09. The number of hydrazine groups is 1. The van der Waals surface area contributed by atoms with Gasteiger partial charge in [0.2, 0.25) is 0 Å². The van der Waals surface area contributed by atoms with Gasteiger partial charge in [-0.25, -0.2) is 4.98 Å². The summed E-state index contributed by atoms with van der Waals surface area (Å²) in [6, 6.07) is 9.10. The van der Waals surface area contributed by atoms with Gasteiger partial charge in [-0.3, -0.25) is 30.6 Å². The number of nitrogens with zero attached hydrogens (tertiary/aromatic N) is 6. The van der Waals surface area contributed by atoms with E-state index in [1.54, 1.807) is 29.8 Å². The summed E-state index contributed by atoms with van der Waals surface area (Å²) >= 11 is 1.06. The van der Waals surface area contributed by atoms with E-state index < -0.39 is 16.7 Å². The maximum absolute atomic E-state index is 12.5. The van der Waals surface area contributed by atoms with Crippen molar-refractivity contribution in [3.63, 3.8) is 0 Å². The van der Waals surface area contributed by atoms with E-state index in [0.29, 0.717) is 21.1 Å². The summed E-state index contributed by atoms with van der Waals surface area (Å²) in [6.07, 6.45) is 1.48. The number of aryl methyl sites for hydroxylation is 3. The van der Waals surface area contributed by atoms with Gasteiger partial charge in [0, 0.05) is 30.8 Å². The molecule has 0 bridgehead atoms. The molecule has 2 amide bonds. The Kier molecular flexibility index (Phi) is 6.27. The fraction of sp³-hybridized carbons (Fsp3) is 0.190. The van der Waals surface area contributed by atoms with Crippen molar-refractivity contribution in [1.82, 2.24) is 35.2 Å². The molecule has 0 fully saturated rings. The zero-order valence-electron chi connectivity index (χ0n) is 18.5. The van der Waals surface area contributed by atoms with Crippen LogP contribution in [0.15, 0.2) is 52.8 Å². The highest BCUT2D eigenvalue weighted by molar-refractivity contribution is 7.99. The van der Waals surface area contributed by atoms with Gasteiger partial charge >= 0.3 is 0 Å². The van der Waals surface area contributed by atoms with Crippen LogP contribution in [0.3, 0.4) is 0 Å². The van der Waals surface area contributed by atoms with E-state index in [4.69, 9.17) is 0 Å². The SMILES string of the molecule is CCn1c(C)nc2cc(C(=O)NNC(=O)c3ccc(Sc4nncn4C)c([N+](=O)[O-])c3)ccc21. The van der Waals surface area contributed by atoms with Crippen LogP contribution in [-0.2, 0) is 13.6 Å². The van der Waals surface area contributed by atoms with E-state index in [9.17, 15) is 19.7 Å². The number of carbonyl (C=O) groups is 2. The standard InChI is InChI=1S/C21H20N8O4S/c1-4-28-12(2)23-15-9-13(5-7-16(15)28)19(30)24-25-20(31)14-6-8-18(17(10-14)29(32)33)34-21-26-22-11-27(21)3/h5-11H,4H2,1-3H3,(H,24,30)(H,25,31). The monoisotopic (exact) mass is 480 g/mol. The molecule has 34 heavy (non-hydrogen) atoms. The first-order valence-corrected chi connectivity index (χ1v) is 11.0. The highest BCUT2D eigenvalue weighted by Crippen LogP contribution is 2.34. The average Bonchev–Trinajstić information content (AvgIpc) is 3.37. The second-order valence-electron chi connectivity index (χ2n) is 7.28. The Morgan fingerprint density at radius 3 is 2.41 bits per heavy atom. The molecule has 0 spiro atoms. The second-order valence-corrected chi connectivity index (χ2v) is 8.29. The molecule has 4 rings (SSSR count). The molecule has 2 N–H and O–H groups in total. The molecule has 2 heterocycles. The normalized spacial score (nSPS) is 10.9. The third kappa shape index (κ3) is 4.45. The van der Waals surface area contributed by atoms with E-state index in [0.717, 1.165) is 35.7 Å². The van der Waals surface area contributed by atoms with Crippen LogP contribution < -0.4 is 10.9 Å². The number of nitro groups is 1. The van der Waals surface area contributed by atoms with Crippen LogP contribution >= 0.6 is 11.8 Å². The zero-order valence-corrected chi connectivity index (χ0v) is 19.3. The third-order valence-electron chi connectivity index (χ3n) is 5.10. The predicted octanol–water partition coefficient (Wildman–Crippen LogP) is 2.63. The average molecular weight is 481 g/mol. The summed E-state index contributed by atoms with van der Waals surface area (Å²) in [4.78, 5) is 40.8. The molecule has 0 saturated carbocycles. The smallest absolute Gasteiger partial charge is 0.284 e. The van der Waals surface area contributed by atoms with Crippen LogP contribution in [0.5, 0.6) is 0 Å². The first kappa shape index (κ1) is 22.9. The molecule has 0 radical (unpaired) electrons. The fourth-order valence-corrected chi connectivity index (χ4v) is 4.25. The first-order valence-electron chi connectivity index (χ1n) is 10.2. The molecule has 4 aromatic rings. The van der Waals surface area contributed by atoms with E-state index in [1.807, 2.05) is 18.4 Å². The lowest BCUT2D eigenvalue weighted by Crippen LogP contribution is -2.41. The molecule has 0 unspecified atom stereocenters. The van der Waals surface area contributed by atoms with Gasteiger partial charge in [-0.15, -0.1) is 10.2 Å². The van der Waals surface area contributed by atoms with Crippen LogP contribution in [0.4, 0.5) is 5.69 Å². The highest BCUT2D eigenvalue weighted by Gasteiger charge is 2.20. The Hall–Kier alpha value is -4.26. The van der Waals surface area contributed by atoms with E-state index in [2.05, 4.69) is 26.0 Å². The van der Waals surface area contributed by atoms with Crippen molar-refractivity contribution in [1.29, 1.82) is 0 Å². The largest absolute Gasteiger partial charge is 0.329 e. The number of amides is 2. The predicted molar refractivity (Wildman–Crippen MR) is 123 cm³/mol. The molecule has 174 valence electrons. The van der Waals surface area contributed by atoms with Gasteiger partial charge in [0.05, 0.1) is 20.9 Å². The molecular weight excluding hydrogens is 460 g/mol. The Bertz CT molecular complexity index is 1430. The number of rotatable bonds is 6. The Morgan fingerprint density at radius 1 is 1.12 bits per heavy atom. The topological polar surface area (TPSA) is 150 Å². The summed E-state index contributed by atoms with van der Waals surface area (Å²) in [5.41, 5.74) is 6.27. The molecule has 0 atom stereocenters. The molecule has 13 heteroatoms. The van der Waals surface area contributed by atoms with Gasteiger partial charge in [0.15, 0.2) is 5.16 Å². The Balaban J connectivity index is 1.47. The number of fused-ring (bicyclic) bond motifs is 1. The minimum atomic E-state index is -0.696. The summed E-state index contributed by atoms with van der Waals surface area (Å²) in [6.45, 7) is 4.65. The number of carbonyl (C=O) groups excluding carboxylic acids is 2. The lowest BCUT2D eigenvalue weighted by atomic mass is 10.2. The molecule has 0 aliphatic rings. The van der Waals surface area contributed by atoms with Gasteiger partial charge in [0.25, 0.3) is 17.5 Å². The van der Waals surface area contributed by atoms with Crippen LogP contribution in [0, 0.1) is 17.0 Å². The Labute approximate surface area is 197 Å². The number of hydrogen-bond donors (Lipinski definition) is 2. The van der Waals surface area contributed by atoms with Crippen LogP contribution in [0.2, 0.25) is 0 Å². The number of nitro benzene ring substituents is 1. The van der Waals surface area contributed by atoms with Crippen molar-refractivity contribution in [3.8, 4) is 0 Å². The van der Waals surface area contributed by atoms with Crippen LogP contribution in [0.25, 0.3) is 11.0 Å². The van der Waals surface area contributed by atoms with Crippen molar-refractivity contribution in [2.45, 2.75) is 30.4 Å². The summed E-state index contributed by atoms with van der Waals surface area (Å²) < 4.78 is 3.65. The molecule has 2 aromatic carbocycles. The van der Waals surface area contributed by atoms with Crippen LogP contribution in [0.1, 0.15) is 33.5 Å². The van der Waals surface area contributed by atoms with Crippen molar-refractivity contribution < 1.29 is 14.5 Å². The van der Waals surface area contributed by atoms with Crippen molar-refractivity contribution in [2.24, 2.45) is 7.05 Å². The maximum Gasteiger partial charge on any atom is 0.284 e. The molecule has 2 aromatic heterocycles. The first-order chi connectivity index (χ1) is 16.3. The molecule has 0 aliphatic heterocycles. The number of aromatic nitrogens is 5. The van der Waals surface area contributed by atoms with Gasteiger partial charge in [-0.2, -0.15) is 0 Å². The molecule has 12 nitrogen and oxygen atoms in total. The van der Waals surface area contributed by atoms with Crippen LogP contribution in [-0.4, -0.2) is 41.1 Å². The minimum absolute atomic E-state index is 0.0158. The highest BCUT2D eigenvalue weighted by atomic mass is 32.2. The number of imidazole rings is 1. The molecular formula is C21H20N8O4S. The lowest BCUT2D eigenvalue weighted by molar-refractivity contribution is -0.387. The quantitative estimate of drug-likeness (QED) is 0.316. The second kappa shape index (κ2) is 9.31. The van der Waals surface area contributed by atoms with E-state index >= 15 is 0 Å². The van der Waals surface area contributed by atoms with Gasteiger partial charge in [0.1, 0.15) is 12.2 Å². The zero-order chi connectivity index (χ0) is 24.4.